The number of rotatable bonds is 14. The lowest BCUT2D eigenvalue weighted by atomic mass is 10.0. The van der Waals surface area contributed by atoms with E-state index >= 15 is 0 Å². The van der Waals surface area contributed by atoms with Crippen molar-refractivity contribution in [3.63, 3.8) is 0 Å². The van der Waals surface area contributed by atoms with E-state index in [1.54, 1.807) is 12.1 Å². The summed E-state index contributed by atoms with van der Waals surface area (Å²) in [5.74, 6) is -1.75. The van der Waals surface area contributed by atoms with Crippen LogP contribution in [0.25, 0.3) is 0 Å². The first kappa shape index (κ1) is 28.0. The molecule has 3 aromatic carbocycles. The highest BCUT2D eigenvalue weighted by Gasteiger charge is 2.27. The van der Waals surface area contributed by atoms with Gasteiger partial charge in [-0.05, 0) is 49.4 Å². The maximum atomic E-state index is 13.0. The van der Waals surface area contributed by atoms with E-state index in [0.717, 1.165) is 16.7 Å². The average molecular weight is 525 g/mol. The molecule has 2 atom stereocenters. The molecule has 0 saturated carbocycles. The van der Waals surface area contributed by atoms with Crippen molar-refractivity contribution in [2.24, 2.45) is 0 Å². The third-order valence-electron chi connectivity index (χ3n) is 5.83. The molecule has 0 heterocycles. The van der Waals surface area contributed by atoms with Gasteiger partial charge in [-0.15, -0.1) is 0 Å². The number of aryl methyl sites for hydroxylation is 2. The SMILES string of the molecule is Cc1ccc(S(=O)(=O)NCC[C@@H](N[C@@H](CCc2ccccc2)C(=O)OCc2ccccc2)C(=O)O)cc1. The summed E-state index contributed by atoms with van der Waals surface area (Å²) >= 11 is 0. The van der Waals surface area contributed by atoms with Crippen molar-refractivity contribution >= 4 is 22.0 Å². The molecule has 37 heavy (non-hydrogen) atoms. The summed E-state index contributed by atoms with van der Waals surface area (Å²) in [5.41, 5.74) is 2.75. The Kier molecular flexibility index (Phi) is 10.4. The van der Waals surface area contributed by atoms with E-state index in [1.807, 2.05) is 67.6 Å². The molecule has 0 aromatic heterocycles. The van der Waals surface area contributed by atoms with Crippen LogP contribution >= 0.6 is 0 Å². The molecule has 196 valence electrons. The van der Waals surface area contributed by atoms with E-state index in [-0.39, 0.29) is 24.5 Å². The number of esters is 1. The van der Waals surface area contributed by atoms with Gasteiger partial charge in [0.15, 0.2) is 0 Å². The summed E-state index contributed by atoms with van der Waals surface area (Å²) in [6.45, 7) is 1.80. The molecule has 0 aliphatic rings. The van der Waals surface area contributed by atoms with Gasteiger partial charge < -0.3 is 9.84 Å². The molecule has 0 saturated heterocycles. The van der Waals surface area contributed by atoms with Gasteiger partial charge in [0, 0.05) is 6.54 Å². The van der Waals surface area contributed by atoms with Gasteiger partial charge in [0.1, 0.15) is 18.7 Å². The van der Waals surface area contributed by atoms with Crippen LogP contribution in [0.4, 0.5) is 0 Å². The van der Waals surface area contributed by atoms with Crippen LogP contribution in [-0.2, 0) is 37.4 Å². The Morgan fingerprint density at radius 3 is 2.03 bits per heavy atom. The van der Waals surface area contributed by atoms with Crippen molar-refractivity contribution in [1.29, 1.82) is 0 Å². The molecule has 0 fully saturated rings. The molecule has 0 bridgehead atoms. The quantitative estimate of drug-likeness (QED) is 0.276. The summed E-state index contributed by atoms with van der Waals surface area (Å²) in [5, 5.41) is 12.7. The highest BCUT2D eigenvalue weighted by Crippen LogP contribution is 2.12. The molecule has 3 rings (SSSR count). The van der Waals surface area contributed by atoms with Gasteiger partial charge in [-0.1, -0.05) is 78.4 Å². The smallest absolute Gasteiger partial charge is 0.323 e. The van der Waals surface area contributed by atoms with Crippen LogP contribution in [-0.4, -0.2) is 44.1 Å². The maximum Gasteiger partial charge on any atom is 0.323 e. The number of carbonyl (C=O) groups is 2. The molecule has 9 heteroatoms. The van der Waals surface area contributed by atoms with E-state index in [4.69, 9.17) is 4.74 Å². The fourth-order valence-electron chi connectivity index (χ4n) is 3.71. The molecular formula is C28H32N2O6S. The first-order chi connectivity index (χ1) is 17.7. The van der Waals surface area contributed by atoms with Crippen molar-refractivity contribution < 1.29 is 27.9 Å². The van der Waals surface area contributed by atoms with E-state index in [0.29, 0.717) is 12.8 Å². The number of ether oxygens (including phenoxy) is 1. The van der Waals surface area contributed by atoms with E-state index in [2.05, 4.69) is 10.0 Å². The predicted molar refractivity (Wildman–Crippen MR) is 140 cm³/mol. The van der Waals surface area contributed by atoms with Crippen molar-refractivity contribution in [3.8, 4) is 0 Å². The molecular weight excluding hydrogens is 492 g/mol. The Hall–Kier alpha value is -3.53. The Morgan fingerprint density at radius 1 is 0.838 bits per heavy atom. The summed E-state index contributed by atoms with van der Waals surface area (Å²) in [4.78, 5) is 25.0. The normalized spacial score (nSPS) is 13.0. The van der Waals surface area contributed by atoms with Gasteiger partial charge in [-0.2, -0.15) is 0 Å². The van der Waals surface area contributed by atoms with Crippen molar-refractivity contribution in [3.05, 3.63) is 102 Å². The van der Waals surface area contributed by atoms with Crippen molar-refractivity contribution in [2.45, 2.75) is 49.8 Å². The Labute approximate surface area is 217 Å². The van der Waals surface area contributed by atoms with Gasteiger partial charge in [0.05, 0.1) is 4.90 Å². The van der Waals surface area contributed by atoms with Gasteiger partial charge in [-0.3, -0.25) is 14.9 Å². The molecule has 0 radical (unpaired) electrons. The minimum absolute atomic E-state index is 0.0613. The topological polar surface area (TPSA) is 122 Å². The summed E-state index contributed by atoms with van der Waals surface area (Å²) < 4.78 is 33.0. The van der Waals surface area contributed by atoms with Crippen molar-refractivity contribution in [1.82, 2.24) is 10.0 Å². The number of hydrogen-bond acceptors (Lipinski definition) is 6. The van der Waals surface area contributed by atoms with Crippen LogP contribution in [0.1, 0.15) is 29.5 Å². The van der Waals surface area contributed by atoms with Gasteiger partial charge in [0.2, 0.25) is 10.0 Å². The zero-order valence-corrected chi connectivity index (χ0v) is 21.5. The lowest BCUT2D eigenvalue weighted by molar-refractivity contribution is -0.149. The lowest BCUT2D eigenvalue weighted by Gasteiger charge is -2.22. The lowest BCUT2D eigenvalue weighted by Crippen LogP contribution is -2.49. The van der Waals surface area contributed by atoms with Gasteiger partial charge in [-0.25, -0.2) is 13.1 Å². The van der Waals surface area contributed by atoms with Crippen LogP contribution in [0.15, 0.2) is 89.8 Å². The average Bonchev–Trinajstić information content (AvgIpc) is 2.90. The Morgan fingerprint density at radius 2 is 1.43 bits per heavy atom. The summed E-state index contributed by atoms with van der Waals surface area (Å²) in [6.07, 6.45) is 0.788. The van der Waals surface area contributed by atoms with Crippen LogP contribution in [0, 0.1) is 6.92 Å². The van der Waals surface area contributed by atoms with Crippen molar-refractivity contribution in [2.75, 3.05) is 6.54 Å². The molecule has 0 spiro atoms. The number of benzene rings is 3. The molecule has 0 unspecified atom stereocenters. The van der Waals surface area contributed by atoms with Crippen LogP contribution < -0.4 is 10.0 Å². The number of carbonyl (C=O) groups excluding carboxylic acids is 1. The second kappa shape index (κ2) is 13.7. The maximum absolute atomic E-state index is 13.0. The predicted octanol–water partition coefficient (Wildman–Crippen LogP) is 3.45. The molecule has 3 N–H and O–H groups in total. The fraction of sp³-hybridized carbons (Fsp3) is 0.286. The minimum Gasteiger partial charge on any atom is -0.480 e. The number of sulfonamides is 1. The summed E-state index contributed by atoms with van der Waals surface area (Å²) in [7, 11) is -3.79. The third-order valence-corrected chi connectivity index (χ3v) is 7.31. The molecule has 0 aliphatic carbocycles. The second-order valence-corrected chi connectivity index (χ2v) is 10.5. The number of aliphatic carboxylic acids is 1. The monoisotopic (exact) mass is 524 g/mol. The zero-order valence-electron chi connectivity index (χ0n) is 20.7. The standard InChI is InChI=1S/C28H32N2O6S/c1-21-12-15-24(16-13-21)37(34,35)29-19-18-25(27(31)32)30-26(17-14-22-8-4-2-5-9-22)28(33)36-20-23-10-6-3-7-11-23/h2-13,15-16,25-26,29-30H,14,17-20H2,1H3,(H,31,32)/t25-,26+/m1/s1. The van der Waals surface area contributed by atoms with E-state index in [9.17, 15) is 23.1 Å². The number of carboxylic acid groups (broad SMARTS) is 1. The molecule has 3 aromatic rings. The minimum atomic E-state index is -3.79. The molecule has 0 amide bonds. The van der Waals surface area contributed by atoms with Crippen LogP contribution in [0.5, 0.6) is 0 Å². The van der Waals surface area contributed by atoms with Crippen LogP contribution in [0.2, 0.25) is 0 Å². The number of nitrogens with one attached hydrogen (secondary N) is 2. The zero-order chi connectivity index (χ0) is 26.7. The number of hydrogen-bond donors (Lipinski definition) is 3. The van der Waals surface area contributed by atoms with Crippen LogP contribution in [0.3, 0.4) is 0 Å². The Balaban J connectivity index is 1.64. The molecule has 8 nitrogen and oxygen atoms in total. The van der Waals surface area contributed by atoms with E-state index < -0.39 is 34.0 Å². The number of carboxylic acids is 1. The van der Waals surface area contributed by atoms with Gasteiger partial charge >= 0.3 is 11.9 Å². The third kappa shape index (κ3) is 9.13. The Bertz CT molecular complexity index is 1250. The highest BCUT2D eigenvalue weighted by molar-refractivity contribution is 7.89. The first-order valence-electron chi connectivity index (χ1n) is 12.0. The first-order valence-corrected chi connectivity index (χ1v) is 13.5. The second-order valence-electron chi connectivity index (χ2n) is 8.73. The highest BCUT2D eigenvalue weighted by atomic mass is 32.2. The van der Waals surface area contributed by atoms with Gasteiger partial charge in [0.25, 0.3) is 0 Å². The summed E-state index contributed by atoms with van der Waals surface area (Å²) in [6, 6.07) is 23.1. The fourth-order valence-corrected chi connectivity index (χ4v) is 4.76. The molecule has 0 aliphatic heterocycles. The van der Waals surface area contributed by atoms with E-state index in [1.165, 1.54) is 12.1 Å². The largest absolute Gasteiger partial charge is 0.480 e.